The average Bonchev–Trinajstić information content (AvgIpc) is 3.23. The SMILES string of the molecule is [HH].c1cc(NCC2CCNC2)nc(-c2[nH]nc3ncccc23)c1. The van der Waals surface area contributed by atoms with Crippen LogP contribution in [0, 0.1) is 5.92 Å². The lowest BCUT2D eigenvalue weighted by atomic mass is 10.1. The predicted octanol–water partition coefficient (Wildman–Crippen LogP) is 2.29. The Morgan fingerprint density at radius 1 is 1.27 bits per heavy atom. The summed E-state index contributed by atoms with van der Waals surface area (Å²) in [5.41, 5.74) is 2.51. The van der Waals surface area contributed by atoms with E-state index in [1.165, 1.54) is 6.42 Å². The van der Waals surface area contributed by atoms with Crippen LogP contribution in [0.1, 0.15) is 7.85 Å². The van der Waals surface area contributed by atoms with E-state index in [1.54, 1.807) is 6.20 Å². The van der Waals surface area contributed by atoms with Gasteiger partial charge in [0.2, 0.25) is 0 Å². The maximum absolute atomic E-state index is 4.70. The van der Waals surface area contributed by atoms with Crippen molar-refractivity contribution in [1.82, 2.24) is 25.5 Å². The number of hydrogen-bond donors (Lipinski definition) is 3. The van der Waals surface area contributed by atoms with E-state index in [4.69, 9.17) is 4.98 Å². The van der Waals surface area contributed by atoms with Crippen molar-refractivity contribution in [3.8, 4) is 11.4 Å². The third kappa shape index (κ3) is 2.53. The molecule has 0 radical (unpaired) electrons. The largest absolute Gasteiger partial charge is 0.370 e. The predicted molar refractivity (Wildman–Crippen MR) is 88.7 cm³/mol. The van der Waals surface area contributed by atoms with Crippen molar-refractivity contribution in [2.75, 3.05) is 25.0 Å². The van der Waals surface area contributed by atoms with Gasteiger partial charge in [-0.15, -0.1) is 0 Å². The molecule has 1 unspecified atom stereocenters. The molecular weight excluding hydrogens is 276 g/mol. The Bertz CT molecular complexity index is 781. The number of fused-ring (bicyclic) bond motifs is 1. The number of anilines is 1. The quantitative estimate of drug-likeness (QED) is 0.688. The zero-order valence-corrected chi connectivity index (χ0v) is 12.2. The number of H-pyrrole nitrogens is 1. The molecule has 1 saturated heterocycles. The van der Waals surface area contributed by atoms with Gasteiger partial charge in [-0.2, -0.15) is 5.10 Å². The molecule has 0 spiro atoms. The first-order valence-corrected chi connectivity index (χ1v) is 7.61. The van der Waals surface area contributed by atoms with Crippen LogP contribution in [0.3, 0.4) is 0 Å². The minimum Gasteiger partial charge on any atom is -0.370 e. The van der Waals surface area contributed by atoms with E-state index in [0.29, 0.717) is 5.92 Å². The molecule has 0 saturated carbocycles. The number of nitrogens with one attached hydrogen (secondary N) is 3. The number of hydrogen-bond acceptors (Lipinski definition) is 5. The number of nitrogens with zero attached hydrogens (tertiary/aromatic N) is 3. The number of rotatable bonds is 4. The Kier molecular flexibility index (Phi) is 3.44. The third-order valence-electron chi connectivity index (χ3n) is 4.07. The van der Waals surface area contributed by atoms with Crippen molar-refractivity contribution in [3.05, 3.63) is 36.5 Å². The van der Waals surface area contributed by atoms with Crippen molar-refractivity contribution in [3.63, 3.8) is 0 Å². The molecule has 0 aliphatic carbocycles. The Balaban J connectivity index is 0.00000156. The van der Waals surface area contributed by atoms with E-state index in [9.17, 15) is 0 Å². The van der Waals surface area contributed by atoms with Gasteiger partial charge < -0.3 is 10.6 Å². The summed E-state index contributed by atoms with van der Waals surface area (Å²) >= 11 is 0. The van der Waals surface area contributed by atoms with E-state index in [2.05, 4.69) is 25.8 Å². The van der Waals surface area contributed by atoms with Crippen LogP contribution in [-0.4, -0.2) is 39.8 Å². The van der Waals surface area contributed by atoms with Crippen molar-refractivity contribution < 1.29 is 1.43 Å². The van der Waals surface area contributed by atoms with Gasteiger partial charge in [0, 0.05) is 19.6 Å². The fraction of sp³-hybridized carbons (Fsp3) is 0.312. The van der Waals surface area contributed by atoms with Gasteiger partial charge in [0.05, 0.1) is 11.4 Å². The van der Waals surface area contributed by atoms with Gasteiger partial charge in [-0.05, 0) is 49.7 Å². The summed E-state index contributed by atoms with van der Waals surface area (Å²) in [7, 11) is 0. The van der Waals surface area contributed by atoms with E-state index in [1.807, 2.05) is 30.3 Å². The molecule has 3 aromatic heterocycles. The second kappa shape index (κ2) is 5.73. The van der Waals surface area contributed by atoms with Gasteiger partial charge >= 0.3 is 0 Å². The summed E-state index contributed by atoms with van der Waals surface area (Å²) in [6.45, 7) is 3.16. The summed E-state index contributed by atoms with van der Waals surface area (Å²) in [4.78, 5) is 8.94. The van der Waals surface area contributed by atoms with Crippen LogP contribution >= 0.6 is 0 Å². The molecular formula is C16H20N6. The molecule has 1 aliphatic rings. The van der Waals surface area contributed by atoms with Crippen molar-refractivity contribution in [1.29, 1.82) is 0 Å². The van der Waals surface area contributed by atoms with Crippen LogP contribution in [-0.2, 0) is 0 Å². The second-order valence-electron chi connectivity index (χ2n) is 5.62. The number of aromatic nitrogens is 4. The molecule has 6 nitrogen and oxygen atoms in total. The molecule has 0 amide bonds. The van der Waals surface area contributed by atoms with E-state index >= 15 is 0 Å². The summed E-state index contributed by atoms with van der Waals surface area (Å²) in [6, 6.07) is 9.93. The number of pyridine rings is 2. The van der Waals surface area contributed by atoms with Gasteiger partial charge in [0.15, 0.2) is 5.65 Å². The van der Waals surface area contributed by atoms with Crippen molar-refractivity contribution >= 4 is 16.9 Å². The maximum atomic E-state index is 4.70. The molecule has 22 heavy (non-hydrogen) atoms. The lowest BCUT2D eigenvalue weighted by Crippen LogP contribution is -2.17. The Morgan fingerprint density at radius 3 is 3.18 bits per heavy atom. The van der Waals surface area contributed by atoms with Gasteiger partial charge in [-0.1, -0.05) is 6.07 Å². The minimum atomic E-state index is 0. The first-order valence-electron chi connectivity index (χ1n) is 7.61. The van der Waals surface area contributed by atoms with Crippen LogP contribution in [0.4, 0.5) is 5.82 Å². The maximum Gasteiger partial charge on any atom is 0.181 e. The lowest BCUT2D eigenvalue weighted by Gasteiger charge is -2.11. The molecule has 3 N–H and O–H groups in total. The zero-order chi connectivity index (χ0) is 14.8. The van der Waals surface area contributed by atoms with Gasteiger partial charge in [-0.25, -0.2) is 9.97 Å². The highest BCUT2D eigenvalue weighted by Crippen LogP contribution is 2.24. The van der Waals surface area contributed by atoms with Crippen LogP contribution in [0.2, 0.25) is 0 Å². The lowest BCUT2D eigenvalue weighted by molar-refractivity contribution is 0.614. The molecule has 6 heteroatoms. The fourth-order valence-corrected chi connectivity index (χ4v) is 2.86. The highest BCUT2D eigenvalue weighted by atomic mass is 15.2. The fourth-order valence-electron chi connectivity index (χ4n) is 2.86. The van der Waals surface area contributed by atoms with Crippen molar-refractivity contribution in [2.45, 2.75) is 6.42 Å². The monoisotopic (exact) mass is 296 g/mol. The summed E-state index contributed by atoms with van der Waals surface area (Å²) in [5, 5.41) is 15.1. The standard InChI is InChI=1S/C16H18N6.H2/c1-4-13(15-12-3-2-7-18-16(12)22-21-15)20-14(5-1)19-10-11-6-8-17-9-11;/h1-5,7,11,17H,6,8-10H2,(H,19,20)(H,18,21,22);1H. The first kappa shape index (κ1) is 13.2. The smallest absolute Gasteiger partial charge is 0.181 e. The van der Waals surface area contributed by atoms with Gasteiger partial charge in [-0.3, -0.25) is 5.10 Å². The van der Waals surface area contributed by atoms with E-state index in [-0.39, 0.29) is 1.43 Å². The highest BCUT2D eigenvalue weighted by Gasteiger charge is 2.14. The molecule has 4 rings (SSSR count). The van der Waals surface area contributed by atoms with Crippen molar-refractivity contribution in [2.24, 2.45) is 5.92 Å². The van der Waals surface area contributed by atoms with E-state index in [0.717, 1.165) is 47.9 Å². The first-order chi connectivity index (χ1) is 10.9. The molecule has 1 atom stereocenters. The second-order valence-corrected chi connectivity index (χ2v) is 5.62. The summed E-state index contributed by atoms with van der Waals surface area (Å²) < 4.78 is 0. The molecule has 0 aromatic carbocycles. The van der Waals surface area contributed by atoms with Crippen LogP contribution < -0.4 is 10.6 Å². The average molecular weight is 296 g/mol. The van der Waals surface area contributed by atoms with Gasteiger partial charge in [0.25, 0.3) is 0 Å². The molecule has 114 valence electrons. The van der Waals surface area contributed by atoms with Crippen LogP contribution in [0.5, 0.6) is 0 Å². The number of aromatic amines is 1. The topological polar surface area (TPSA) is 78.5 Å². The van der Waals surface area contributed by atoms with Crippen LogP contribution in [0.15, 0.2) is 36.5 Å². The third-order valence-corrected chi connectivity index (χ3v) is 4.07. The Hall–Kier alpha value is -2.47. The Morgan fingerprint density at radius 2 is 2.27 bits per heavy atom. The Labute approximate surface area is 129 Å². The molecule has 0 bridgehead atoms. The normalized spacial score (nSPS) is 17.9. The summed E-state index contributed by atoms with van der Waals surface area (Å²) in [5.74, 6) is 1.58. The van der Waals surface area contributed by atoms with E-state index < -0.39 is 0 Å². The molecule has 3 aromatic rings. The minimum absolute atomic E-state index is 0. The summed E-state index contributed by atoms with van der Waals surface area (Å²) in [6.07, 6.45) is 2.97. The van der Waals surface area contributed by atoms with Gasteiger partial charge in [0.1, 0.15) is 5.82 Å². The molecule has 4 heterocycles. The van der Waals surface area contributed by atoms with Crippen LogP contribution in [0.25, 0.3) is 22.4 Å². The molecule has 1 fully saturated rings. The highest BCUT2D eigenvalue weighted by molar-refractivity contribution is 5.89. The zero-order valence-electron chi connectivity index (χ0n) is 12.2. The molecule has 1 aliphatic heterocycles.